The first kappa shape index (κ1) is 35.3. The molecule has 39 heavy (non-hydrogen) atoms. The Morgan fingerprint density at radius 1 is 0.923 bits per heavy atom. The molecule has 0 aromatic carbocycles. The van der Waals surface area contributed by atoms with Crippen LogP contribution in [0.4, 0.5) is 0 Å². The zero-order valence-corrected chi connectivity index (χ0v) is 24.4. The van der Waals surface area contributed by atoms with Crippen molar-refractivity contribution in [2.24, 2.45) is 11.8 Å². The van der Waals surface area contributed by atoms with Gasteiger partial charge in [0.05, 0.1) is 18.8 Å². The third kappa shape index (κ3) is 16.2. The molecule has 3 N–H and O–H groups in total. The molecule has 0 aliphatic heterocycles. The van der Waals surface area contributed by atoms with Crippen molar-refractivity contribution in [3.63, 3.8) is 0 Å². The van der Waals surface area contributed by atoms with E-state index in [4.69, 9.17) is 9.47 Å². The molecule has 8 heteroatoms. The van der Waals surface area contributed by atoms with Crippen molar-refractivity contribution in [1.82, 2.24) is 0 Å². The molecular formula is C31H54O8. The average Bonchev–Trinajstić information content (AvgIpc) is 3.18. The standard InChI is InChI=1S/C31H54O8/c1-3-5-7-8-13-17-30(36)38-23-25(22-32)39-31(37)18-14-10-9-12-16-26-27(29(35)21-28(26)34)20-19-24(33)15-11-6-4-2/h19-20,24-27,29,32-33,35H,3-18,21-23H2,1-2H3/b20-19+/t24-,25-,26+,27+,29+/m0/s1. The molecule has 1 rings (SSSR count). The van der Waals surface area contributed by atoms with Gasteiger partial charge >= 0.3 is 11.9 Å². The fraction of sp³-hybridized carbons (Fsp3) is 0.839. The van der Waals surface area contributed by atoms with E-state index in [2.05, 4.69) is 13.8 Å². The fourth-order valence-corrected chi connectivity index (χ4v) is 5.04. The molecule has 0 amide bonds. The van der Waals surface area contributed by atoms with Crippen LogP contribution in [0, 0.1) is 11.8 Å². The van der Waals surface area contributed by atoms with Crippen molar-refractivity contribution in [3.05, 3.63) is 12.2 Å². The maximum Gasteiger partial charge on any atom is 0.306 e. The van der Waals surface area contributed by atoms with Crippen LogP contribution in [-0.4, -0.2) is 64.6 Å². The third-order valence-corrected chi connectivity index (χ3v) is 7.45. The fourth-order valence-electron chi connectivity index (χ4n) is 5.04. The number of carbonyl (C=O) groups is 3. The second-order valence-corrected chi connectivity index (χ2v) is 11.0. The topological polar surface area (TPSA) is 130 Å². The summed E-state index contributed by atoms with van der Waals surface area (Å²) in [6.45, 7) is 3.71. The minimum Gasteiger partial charge on any atom is -0.462 e. The minimum absolute atomic E-state index is 0.0773. The van der Waals surface area contributed by atoms with Crippen LogP contribution in [0.25, 0.3) is 0 Å². The highest BCUT2D eigenvalue weighted by Crippen LogP contribution is 2.34. The third-order valence-electron chi connectivity index (χ3n) is 7.45. The molecule has 0 saturated heterocycles. The lowest BCUT2D eigenvalue weighted by Gasteiger charge is -2.18. The molecule has 0 unspecified atom stereocenters. The summed E-state index contributed by atoms with van der Waals surface area (Å²) in [5.41, 5.74) is 0. The Bertz CT molecular complexity index is 707. The van der Waals surface area contributed by atoms with Gasteiger partial charge in [0.15, 0.2) is 6.10 Å². The maximum atomic E-state index is 12.4. The smallest absolute Gasteiger partial charge is 0.306 e. The van der Waals surface area contributed by atoms with E-state index in [1.165, 1.54) is 0 Å². The summed E-state index contributed by atoms with van der Waals surface area (Å²) in [7, 11) is 0. The van der Waals surface area contributed by atoms with Crippen molar-refractivity contribution in [2.45, 2.75) is 141 Å². The van der Waals surface area contributed by atoms with Gasteiger partial charge in [0.25, 0.3) is 0 Å². The van der Waals surface area contributed by atoms with Crippen LogP contribution < -0.4 is 0 Å². The molecule has 0 spiro atoms. The summed E-state index contributed by atoms with van der Waals surface area (Å²) in [4.78, 5) is 36.4. The molecule has 0 aromatic heterocycles. The lowest BCUT2D eigenvalue weighted by atomic mass is 9.88. The van der Waals surface area contributed by atoms with Crippen LogP contribution in [0.3, 0.4) is 0 Å². The molecule has 1 fully saturated rings. The summed E-state index contributed by atoms with van der Waals surface area (Å²) in [6.07, 6.45) is 14.9. The number of hydrogen-bond donors (Lipinski definition) is 3. The van der Waals surface area contributed by atoms with Crippen LogP contribution in [0.2, 0.25) is 0 Å². The number of ketones is 1. The highest BCUT2D eigenvalue weighted by molar-refractivity contribution is 5.84. The van der Waals surface area contributed by atoms with E-state index >= 15 is 0 Å². The van der Waals surface area contributed by atoms with Crippen LogP contribution in [0.15, 0.2) is 12.2 Å². The second kappa shape index (κ2) is 22.0. The summed E-state index contributed by atoms with van der Waals surface area (Å²) < 4.78 is 10.4. The van der Waals surface area contributed by atoms with Crippen molar-refractivity contribution in [3.8, 4) is 0 Å². The number of rotatable bonds is 23. The minimum atomic E-state index is -0.850. The van der Waals surface area contributed by atoms with Gasteiger partial charge in [0.2, 0.25) is 0 Å². The van der Waals surface area contributed by atoms with E-state index in [-0.39, 0.29) is 43.0 Å². The van der Waals surface area contributed by atoms with Crippen LogP contribution in [0.5, 0.6) is 0 Å². The van der Waals surface area contributed by atoms with E-state index in [1.807, 2.05) is 6.08 Å². The van der Waals surface area contributed by atoms with Gasteiger partial charge in [-0.05, 0) is 25.7 Å². The lowest BCUT2D eigenvalue weighted by Crippen LogP contribution is -2.28. The predicted octanol–water partition coefficient (Wildman–Crippen LogP) is 5.20. The molecule has 5 atom stereocenters. The van der Waals surface area contributed by atoms with Gasteiger partial charge in [-0.25, -0.2) is 0 Å². The zero-order valence-electron chi connectivity index (χ0n) is 24.4. The molecule has 0 radical (unpaired) electrons. The van der Waals surface area contributed by atoms with E-state index in [0.717, 1.165) is 70.6 Å². The molecule has 1 aliphatic carbocycles. The second-order valence-electron chi connectivity index (χ2n) is 11.0. The largest absolute Gasteiger partial charge is 0.462 e. The van der Waals surface area contributed by atoms with E-state index in [0.29, 0.717) is 25.7 Å². The van der Waals surface area contributed by atoms with Crippen molar-refractivity contribution >= 4 is 17.7 Å². The molecule has 0 bridgehead atoms. The number of unbranched alkanes of at least 4 members (excludes halogenated alkanes) is 9. The number of esters is 2. The Morgan fingerprint density at radius 3 is 2.21 bits per heavy atom. The van der Waals surface area contributed by atoms with Gasteiger partial charge in [-0.1, -0.05) is 90.2 Å². The molecule has 1 saturated carbocycles. The Balaban J connectivity index is 2.24. The summed E-state index contributed by atoms with van der Waals surface area (Å²) in [6, 6.07) is 0. The van der Waals surface area contributed by atoms with Crippen molar-refractivity contribution in [2.75, 3.05) is 13.2 Å². The Labute approximate surface area is 235 Å². The van der Waals surface area contributed by atoms with Crippen molar-refractivity contribution in [1.29, 1.82) is 0 Å². The van der Waals surface area contributed by atoms with Gasteiger partial charge in [0.1, 0.15) is 12.4 Å². The Hall–Kier alpha value is -1.77. The van der Waals surface area contributed by atoms with E-state index in [1.54, 1.807) is 6.08 Å². The molecule has 8 nitrogen and oxygen atoms in total. The number of aliphatic hydroxyl groups is 3. The van der Waals surface area contributed by atoms with E-state index in [9.17, 15) is 29.7 Å². The van der Waals surface area contributed by atoms with Gasteiger partial charge < -0.3 is 24.8 Å². The molecule has 0 aromatic rings. The first-order valence-corrected chi connectivity index (χ1v) is 15.3. The summed E-state index contributed by atoms with van der Waals surface area (Å²) in [5, 5.41) is 29.9. The van der Waals surface area contributed by atoms with Gasteiger partial charge in [-0.15, -0.1) is 0 Å². The van der Waals surface area contributed by atoms with E-state index < -0.39 is 30.9 Å². The zero-order chi connectivity index (χ0) is 28.9. The molecular weight excluding hydrogens is 500 g/mol. The monoisotopic (exact) mass is 554 g/mol. The first-order chi connectivity index (χ1) is 18.8. The molecule has 1 aliphatic rings. The SMILES string of the molecule is CCCCCCCC(=O)OC[C@H](CO)OC(=O)CCCCCC[C@H]1C(=O)C[C@@H](O)[C@@H]1/C=C/[C@@H](O)CCCCC. The number of Topliss-reactive ketones (excluding diaryl/α,β-unsaturated/α-hetero) is 1. The van der Waals surface area contributed by atoms with Crippen molar-refractivity contribution < 1.29 is 39.2 Å². The van der Waals surface area contributed by atoms with Crippen LogP contribution in [-0.2, 0) is 23.9 Å². The predicted molar refractivity (Wildman–Crippen MR) is 151 cm³/mol. The number of ether oxygens (including phenoxy) is 2. The molecule has 226 valence electrons. The van der Waals surface area contributed by atoms with Gasteiger partial charge in [-0.2, -0.15) is 0 Å². The maximum absolute atomic E-state index is 12.4. The highest BCUT2D eigenvalue weighted by Gasteiger charge is 2.39. The van der Waals surface area contributed by atoms with Crippen LogP contribution in [0.1, 0.15) is 123 Å². The lowest BCUT2D eigenvalue weighted by molar-refractivity contribution is -0.161. The normalized spacial score (nSPS) is 20.8. The Morgan fingerprint density at radius 2 is 1.54 bits per heavy atom. The molecule has 0 heterocycles. The quantitative estimate of drug-likeness (QED) is 0.0893. The first-order valence-electron chi connectivity index (χ1n) is 15.3. The van der Waals surface area contributed by atoms with Gasteiger partial charge in [-0.3, -0.25) is 14.4 Å². The Kier molecular flexibility index (Phi) is 19.9. The van der Waals surface area contributed by atoms with Crippen LogP contribution >= 0.6 is 0 Å². The highest BCUT2D eigenvalue weighted by atomic mass is 16.6. The number of carbonyl (C=O) groups excluding carboxylic acids is 3. The summed E-state index contributed by atoms with van der Waals surface area (Å²) in [5.74, 6) is -1.17. The number of hydrogen-bond acceptors (Lipinski definition) is 8. The average molecular weight is 555 g/mol. The van der Waals surface area contributed by atoms with Gasteiger partial charge in [0, 0.05) is 31.1 Å². The summed E-state index contributed by atoms with van der Waals surface area (Å²) >= 11 is 0. The number of aliphatic hydroxyl groups excluding tert-OH is 3.